The van der Waals surface area contributed by atoms with Crippen LogP contribution in [-0.2, 0) is 4.79 Å². The number of ether oxygens (including phenoxy) is 2. The van der Waals surface area contributed by atoms with Crippen molar-refractivity contribution in [3.8, 4) is 11.5 Å². The SMILES string of the molecule is CCOc1cc(C=NNC(N)=S)cc([N+](=O)[O-])c1OC(C)C(=O)O. The van der Waals surface area contributed by atoms with E-state index >= 15 is 0 Å². The van der Waals surface area contributed by atoms with Crippen LogP contribution in [0.3, 0.4) is 0 Å². The van der Waals surface area contributed by atoms with Gasteiger partial charge in [-0.25, -0.2) is 4.79 Å². The third kappa shape index (κ3) is 5.35. The van der Waals surface area contributed by atoms with Gasteiger partial charge in [-0.1, -0.05) is 0 Å². The van der Waals surface area contributed by atoms with Gasteiger partial charge in [-0.15, -0.1) is 0 Å². The molecule has 1 aromatic carbocycles. The molecular weight excluding hydrogens is 340 g/mol. The average molecular weight is 356 g/mol. The van der Waals surface area contributed by atoms with Crippen LogP contribution in [0.25, 0.3) is 0 Å². The van der Waals surface area contributed by atoms with Crippen LogP contribution in [0.15, 0.2) is 17.2 Å². The number of hydrazone groups is 1. The fraction of sp³-hybridized carbons (Fsp3) is 0.308. The van der Waals surface area contributed by atoms with Crippen molar-refractivity contribution in [2.45, 2.75) is 20.0 Å². The Bertz CT molecular complexity index is 679. The van der Waals surface area contributed by atoms with Gasteiger partial charge in [0.05, 0.1) is 17.7 Å². The van der Waals surface area contributed by atoms with Crippen molar-refractivity contribution in [3.63, 3.8) is 0 Å². The van der Waals surface area contributed by atoms with Gasteiger partial charge in [-0.05, 0) is 32.1 Å². The Morgan fingerprint density at radius 3 is 2.79 bits per heavy atom. The zero-order chi connectivity index (χ0) is 18.3. The molecule has 130 valence electrons. The number of nitro groups is 1. The van der Waals surface area contributed by atoms with Crippen molar-refractivity contribution in [3.05, 3.63) is 27.8 Å². The van der Waals surface area contributed by atoms with Gasteiger partial charge in [0.25, 0.3) is 0 Å². The first kappa shape index (κ1) is 19.1. The summed E-state index contributed by atoms with van der Waals surface area (Å²) in [6, 6.07) is 2.59. The molecular formula is C13H16N4O6S. The van der Waals surface area contributed by atoms with Crippen LogP contribution >= 0.6 is 12.2 Å². The summed E-state index contributed by atoms with van der Waals surface area (Å²) in [4.78, 5) is 21.5. The summed E-state index contributed by atoms with van der Waals surface area (Å²) in [5.41, 5.74) is 7.39. The van der Waals surface area contributed by atoms with Crippen molar-refractivity contribution in [2.75, 3.05) is 6.61 Å². The number of nitrogens with one attached hydrogen (secondary N) is 1. The highest BCUT2D eigenvalue weighted by atomic mass is 32.1. The number of rotatable bonds is 8. The van der Waals surface area contributed by atoms with E-state index in [1.165, 1.54) is 19.2 Å². The quantitative estimate of drug-likeness (QED) is 0.268. The zero-order valence-corrected chi connectivity index (χ0v) is 13.7. The molecule has 0 saturated heterocycles. The molecule has 0 radical (unpaired) electrons. The summed E-state index contributed by atoms with van der Waals surface area (Å²) < 4.78 is 10.5. The first-order valence-corrected chi connectivity index (χ1v) is 7.10. The minimum atomic E-state index is -1.29. The van der Waals surface area contributed by atoms with Crippen molar-refractivity contribution in [1.29, 1.82) is 0 Å². The highest BCUT2D eigenvalue weighted by molar-refractivity contribution is 7.80. The molecule has 0 spiro atoms. The van der Waals surface area contributed by atoms with Crippen LogP contribution in [-0.4, -0.2) is 40.0 Å². The molecule has 0 aliphatic carbocycles. The monoisotopic (exact) mass is 356 g/mol. The van der Waals surface area contributed by atoms with E-state index in [4.69, 9.17) is 20.3 Å². The predicted molar refractivity (Wildman–Crippen MR) is 89.5 cm³/mol. The van der Waals surface area contributed by atoms with Gasteiger partial charge in [0.1, 0.15) is 0 Å². The van der Waals surface area contributed by atoms with E-state index in [-0.39, 0.29) is 23.2 Å². The van der Waals surface area contributed by atoms with Gasteiger partial charge in [0.2, 0.25) is 5.75 Å². The van der Waals surface area contributed by atoms with Crippen LogP contribution < -0.4 is 20.6 Å². The Labute approximate surface area is 142 Å². The Balaban J connectivity index is 3.34. The molecule has 0 saturated carbocycles. The van der Waals surface area contributed by atoms with Crippen LogP contribution in [0.5, 0.6) is 11.5 Å². The molecule has 0 amide bonds. The lowest BCUT2D eigenvalue weighted by Crippen LogP contribution is -2.24. The molecule has 0 aromatic heterocycles. The first-order chi connectivity index (χ1) is 11.3. The summed E-state index contributed by atoms with van der Waals surface area (Å²) >= 11 is 4.58. The molecule has 1 rings (SSSR count). The first-order valence-electron chi connectivity index (χ1n) is 6.69. The molecule has 11 heteroatoms. The second-order valence-electron chi connectivity index (χ2n) is 4.39. The van der Waals surface area contributed by atoms with Crippen molar-refractivity contribution < 1.29 is 24.3 Å². The maximum Gasteiger partial charge on any atom is 0.344 e. The Morgan fingerprint density at radius 1 is 1.62 bits per heavy atom. The van der Waals surface area contributed by atoms with E-state index in [9.17, 15) is 14.9 Å². The van der Waals surface area contributed by atoms with Gasteiger partial charge in [-0.2, -0.15) is 5.10 Å². The number of carboxylic acids is 1. The molecule has 0 heterocycles. The molecule has 1 atom stereocenters. The Kier molecular flexibility index (Phi) is 6.86. The van der Waals surface area contributed by atoms with Crippen molar-refractivity contribution in [1.82, 2.24) is 5.43 Å². The summed E-state index contributed by atoms with van der Waals surface area (Å²) in [5, 5.41) is 23.9. The fourth-order valence-corrected chi connectivity index (χ4v) is 1.65. The normalized spacial score (nSPS) is 11.8. The lowest BCUT2D eigenvalue weighted by atomic mass is 10.1. The minimum absolute atomic E-state index is 0.0246. The maximum atomic E-state index is 11.3. The number of hydrogen-bond donors (Lipinski definition) is 3. The van der Waals surface area contributed by atoms with Gasteiger partial charge < -0.3 is 20.3 Å². The van der Waals surface area contributed by atoms with Crippen molar-refractivity contribution in [2.24, 2.45) is 10.8 Å². The highest BCUT2D eigenvalue weighted by Crippen LogP contribution is 2.39. The van der Waals surface area contributed by atoms with Crippen LogP contribution in [0, 0.1) is 10.1 Å². The number of thiocarbonyl (C=S) groups is 1. The number of carboxylic acid groups (broad SMARTS) is 1. The third-order valence-corrected chi connectivity index (χ3v) is 2.68. The zero-order valence-electron chi connectivity index (χ0n) is 12.9. The standard InChI is InChI=1S/C13H16N4O6S/c1-3-22-10-5-8(6-15-16-13(14)24)4-9(17(20)21)11(10)23-7(2)12(18)19/h4-7H,3H2,1-2H3,(H,18,19)(H3,14,16,24). The molecule has 0 bridgehead atoms. The summed E-state index contributed by atoms with van der Waals surface area (Å²) in [5.74, 6) is -1.51. The van der Waals surface area contributed by atoms with Crippen LogP contribution in [0.1, 0.15) is 19.4 Å². The third-order valence-electron chi connectivity index (χ3n) is 2.58. The van der Waals surface area contributed by atoms with E-state index in [0.717, 1.165) is 6.07 Å². The minimum Gasteiger partial charge on any atom is -0.490 e. The van der Waals surface area contributed by atoms with Gasteiger partial charge >= 0.3 is 11.7 Å². The molecule has 10 nitrogen and oxygen atoms in total. The van der Waals surface area contributed by atoms with Gasteiger partial charge in [0, 0.05) is 11.6 Å². The molecule has 0 fully saturated rings. The predicted octanol–water partition coefficient (Wildman–Crippen LogP) is 1.01. The number of carbonyl (C=O) groups is 1. The lowest BCUT2D eigenvalue weighted by molar-refractivity contribution is -0.386. The van der Waals surface area contributed by atoms with Crippen molar-refractivity contribution >= 4 is 35.2 Å². The molecule has 1 unspecified atom stereocenters. The number of nitrogens with zero attached hydrogens (tertiary/aromatic N) is 2. The number of benzene rings is 1. The Hall–Kier alpha value is -2.95. The van der Waals surface area contributed by atoms with Crippen LogP contribution in [0.2, 0.25) is 0 Å². The molecule has 0 aliphatic heterocycles. The lowest BCUT2D eigenvalue weighted by Gasteiger charge is -2.15. The Morgan fingerprint density at radius 2 is 2.29 bits per heavy atom. The number of nitrogens with two attached hydrogens (primary N) is 1. The van der Waals surface area contributed by atoms with E-state index in [1.807, 2.05) is 0 Å². The van der Waals surface area contributed by atoms with E-state index in [1.54, 1.807) is 6.92 Å². The molecule has 0 aliphatic rings. The van der Waals surface area contributed by atoms with E-state index in [2.05, 4.69) is 22.7 Å². The second kappa shape index (κ2) is 8.62. The topological polar surface area (TPSA) is 149 Å². The summed E-state index contributed by atoms with van der Waals surface area (Å²) in [7, 11) is 0. The van der Waals surface area contributed by atoms with E-state index in [0.29, 0.717) is 5.56 Å². The molecule has 4 N–H and O–H groups in total. The number of nitro benzene ring substituents is 1. The summed E-state index contributed by atoms with van der Waals surface area (Å²) in [6.07, 6.45) is -0.0438. The van der Waals surface area contributed by atoms with E-state index < -0.39 is 22.7 Å². The van der Waals surface area contributed by atoms with Gasteiger partial charge in [0.15, 0.2) is 17.0 Å². The number of hydrogen-bond acceptors (Lipinski definition) is 7. The van der Waals surface area contributed by atoms with Crippen LogP contribution in [0.4, 0.5) is 5.69 Å². The molecule has 1 aromatic rings. The average Bonchev–Trinajstić information content (AvgIpc) is 2.48. The largest absolute Gasteiger partial charge is 0.490 e. The van der Waals surface area contributed by atoms with Gasteiger partial charge in [-0.3, -0.25) is 15.5 Å². The fourth-order valence-electron chi connectivity index (χ4n) is 1.60. The number of aliphatic carboxylic acids is 1. The maximum absolute atomic E-state index is 11.3. The smallest absolute Gasteiger partial charge is 0.344 e. The second-order valence-corrected chi connectivity index (χ2v) is 4.83. The summed E-state index contributed by atoms with van der Waals surface area (Å²) in [6.45, 7) is 3.12. The highest BCUT2D eigenvalue weighted by Gasteiger charge is 2.26. The molecule has 24 heavy (non-hydrogen) atoms.